The van der Waals surface area contributed by atoms with E-state index in [2.05, 4.69) is 15.4 Å². The summed E-state index contributed by atoms with van der Waals surface area (Å²) in [6.07, 6.45) is 3.45. The highest BCUT2D eigenvalue weighted by atomic mass is 19.4. The predicted molar refractivity (Wildman–Crippen MR) is 112 cm³/mol. The number of nitrogens with zero attached hydrogens (tertiary/aromatic N) is 4. The number of carbonyl (C=O) groups is 1. The number of alkyl halides is 3. The second kappa shape index (κ2) is 9.13. The van der Waals surface area contributed by atoms with Crippen LogP contribution >= 0.6 is 0 Å². The smallest absolute Gasteiger partial charge is 0.354 e. The first-order valence-electron chi connectivity index (χ1n) is 10.7. The van der Waals surface area contributed by atoms with Crippen LogP contribution in [0.1, 0.15) is 43.2 Å². The zero-order valence-corrected chi connectivity index (χ0v) is 17.4. The maximum atomic E-state index is 12.9. The fourth-order valence-corrected chi connectivity index (χ4v) is 4.11. The van der Waals surface area contributed by atoms with Crippen molar-refractivity contribution >= 4 is 16.9 Å². The van der Waals surface area contributed by atoms with Gasteiger partial charge in [0, 0.05) is 12.5 Å². The Morgan fingerprint density at radius 2 is 1.97 bits per heavy atom. The largest absolute Gasteiger partial charge is 0.416 e. The normalized spacial score (nSPS) is 15.2. The van der Waals surface area contributed by atoms with Gasteiger partial charge >= 0.3 is 6.18 Å². The van der Waals surface area contributed by atoms with E-state index in [9.17, 15) is 22.8 Å². The van der Waals surface area contributed by atoms with Crippen molar-refractivity contribution in [2.24, 2.45) is 5.92 Å². The Labute approximate surface area is 182 Å². The summed E-state index contributed by atoms with van der Waals surface area (Å²) in [5.74, 6) is 0.122. The van der Waals surface area contributed by atoms with Crippen molar-refractivity contribution < 1.29 is 18.0 Å². The fraction of sp³-hybridized carbons (Fsp3) is 0.455. The van der Waals surface area contributed by atoms with Crippen LogP contribution in [0.15, 0.2) is 41.6 Å². The lowest BCUT2D eigenvalue weighted by atomic mass is 9.89. The van der Waals surface area contributed by atoms with Gasteiger partial charge in [-0.2, -0.15) is 18.3 Å². The average Bonchev–Trinajstić information content (AvgIpc) is 3.19. The summed E-state index contributed by atoms with van der Waals surface area (Å²) in [5, 5.41) is 7.41. The van der Waals surface area contributed by atoms with Crippen molar-refractivity contribution in [3.8, 4) is 0 Å². The molecule has 32 heavy (non-hydrogen) atoms. The van der Waals surface area contributed by atoms with Crippen LogP contribution in [0, 0.1) is 5.92 Å². The van der Waals surface area contributed by atoms with Gasteiger partial charge in [-0.25, -0.2) is 9.67 Å². The second-order valence-corrected chi connectivity index (χ2v) is 8.11. The highest BCUT2D eigenvalue weighted by Gasteiger charge is 2.30. The molecule has 1 N–H and O–H groups in total. The number of hydrogen-bond donors (Lipinski definition) is 1. The summed E-state index contributed by atoms with van der Waals surface area (Å²) in [4.78, 5) is 29.3. The minimum atomic E-state index is -4.45. The minimum absolute atomic E-state index is 0.0334. The number of hydrogen-bond acceptors (Lipinski definition) is 4. The van der Waals surface area contributed by atoms with Crippen LogP contribution < -0.4 is 10.9 Å². The number of benzene rings is 1. The van der Waals surface area contributed by atoms with Crippen LogP contribution in [0.5, 0.6) is 0 Å². The van der Waals surface area contributed by atoms with Gasteiger partial charge in [0.05, 0.1) is 24.8 Å². The van der Waals surface area contributed by atoms with Crippen LogP contribution in [-0.2, 0) is 24.1 Å². The average molecular weight is 447 g/mol. The van der Waals surface area contributed by atoms with Crippen molar-refractivity contribution in [1.82, 2.24) is 24.6 Å². The lowest BCUT2D eigenvalue weighted by Gasteiger charge is -2.20. The van der Waals surface area contributed by atoms with Crippen LogP contribution in [0.25, 0.3) is 11.0 Å². The van der Waals surface area contributed by atoms with Crippen molar-refractivity contribution in [3.05, 3.63) is 58.3 Å². The number of nitrogens with one attached hydrogen (secondary N) is 1. The topological polar surface area (TPSA) is 81.8 Å². The molecule has 1 aliphatic rings. The number of rotatable bonds is 6. The summed E-state index contributed by atoms with van der Waals surface area (Å²) >= 11 is 0. The van der Waals surface area contributed by atoms with E-state index < -0.39 is 11.7 Å². The zero-order valence-electron chi connectivity index (χ0n) is 17.4. The van der Waals surface area contributed by atoms with E-state index in [4.69, 9.17) is 0 Å². The highest BCUT2D eigenvalue weighted by molar-refractivity contribution is 5.78. The molecule has 4 rings (SSSR count). The van der Waals surface area contributed by atoms with E-state index in [0.717, 1.165) is 37.8 Å². The van der Waals surface area contributed by atoms with Crippen molar-refractivity contribution in [1.29, 1.82) is 0 Å². The minimum Gasteiger partial charge on any atom is -0.354 e. The molecule has 170 valence electrons. The van der Waals surface area contributed by atoms with Gasteiger partial charge in [0.15, 0.2) is 5.65 Å². The van der Waals surface area contributed by atoms with E-state index in [-0.39, 0.29) is 29.3 Å². The summed E-state index contributed by atoms with van der Waals surface area (Å²) < 4.78 is 41.6. The first-order chi connectivity index (χ1) is 15.3. The lowest BCUT2D eigenvalue weighted by Crippen LogP contribution is -2.34. The molecule has 1 aliphatic carbocycles. The summed E-state index contributed by atoms with van der Waals surface area (Å²) in [6, 6.07) is 4.86. The van der Waals surface area contributed by atoms with Gasteiger partial charge in [-0.3, -0.25) is 14.2 Å². The highest BCUT2D eigenvalue weighted by Crippen LogP contribution is 2.29. The molecule has 3 aromatic rings. The molecule has 1 saturated carbocycles. The number of amides is 1. The molecule has 2 heterocycles. The number of fused-ring (bicyclic) bond motifs is 1. The Morgan fingerprint density at radius 3 is 2.72 bits per heavy atom. The molecule has 2 aromatic heterocycles. The first kappa shape index (κ1) is 22.0. The zero-order chi connectivity index (χ0) is 22.7. The SMILES string of the molecule is O=C(NCCn1ncc2c(=O)n(Cc3cccc(C(F)(F)F)c3)cnc21)C1CCCCC1. The molecule has 10 heteroatoms. The summed E-state index contributed by atoms with van der Waals surface area (Å²) in [6.45, 7) is 0.710. The lowest BCUT2D eigenvalue weighted by molar-refractivity contribution is -0.137. The third-order valence-corrected chi connectivity index (χ3v) is 5.83. The summed E-state index contributed by atoms with van der Waals surface area (Å²) in [7, 11) is 0. The van der Waals surface area contributed by atoms with Crippen LogP contribution in [-0.4, -0.2) is 31.8 Å². The van der Waals surface area contributed by atoms with Gasteiger partial charge in [0.2, 0.25) is 5.91 Å². The first-order valence-corrected chi connectivity index (χ1v) is 10.7. The monoisotopic (exact) mass is 447 g/mol. The molecule has 0 unspecified atom stereocenters. The molecule has 1 aromatic carbocycles. The molecule has 0 bridgehead atoms. The van der Waals surface area contributed by atoms with Gasteiger partial charge in [-0.05, 0) is 30.5 Å². The standard InChI is InChI=1S/C22H24F3N5O2/c23-22(24,25)17-8-4-5-15(11-17)13-29-14-27-19-18(21(29)32)12-28-30(19)10-9-26-20(31)16-6-2-1-3-7-16/h4-5,8,11-12,14,16H,1-3,6-7,9-10,13H2,(H,26,31). The van der Waals surface area contributed by atoms with Crippen molar-refractivity contribution in [2.45, 2.75) is 51.4 Å². The van der Waals surface area contributed by atoms with Crippen molar-refractivity contribution in [2.75, 3.05) is 6.54 Å². The molecule has 0 saturated heterocycles. The van der Waals surface area contributed by atoms with Crippen LogP contribution in [0.2, 0.25) is 0 Å². The molecule has 0 radical (unpaired) electrons. The predicted octanol–water partition coefficient (Wildman–Crippen LogP) is 3.36. The molecule has 7 nitrogen and oxygen atoms in total. The van der Waals surface area contributed by atoms with Crippen LogP contribution in [0.4, 0.5) is 13.2 Å². The maximum absolute atomic E-state index is 12.9. The van der Waals surface area contributed by atoms with E-state index in [0.29, 0.717) is 24.3 Å². The van der Waals surface area contributed by atoms with Gasteiger partial charge in [0.25, 0.3) is 5.56 Å². The van der Waals surface area contributed by atoms with E-state index in [1.807, 2.05) is 0 Å². The van der Waals surface area contributed by atoms with Crippen molar-refractivity contribution in [3.63, 3.8) is 0 Å². The number of aromatic nitrogens is 4. The molecule has 0 spiro atoms. The van der Waals surface area contributed by atoms with Gasteiger partial charge < -0.3 is 5.32 Å². The Morgan fingerprint density at radius 1 is 1.19 bits per heavy atom. The van der Waals surface area contributed by atoms with Crippen LogP contribution in [0.3, 0.4) is 0 Å². The maximum Gasteiger partial charge on any atom is 0.416 e. The van der Waals surface area contributed by atoms with E-state index in [1.54, 1.807) is 4.68 Å². The van der Waals surface area contributed by atoms with E-state index >= 15 is 0 Å². The molecule has 0 atom stereocenters. The van der Waals surface area contributed by atoms with Gasteiger partial charge in [-0.1, -0.05) is 31.4 Å². The van der Waals surface area contributed by atoms with Gasteiger partial charge in [-0.15, -0.1) is 0 Å². The Balaban J connectivity index is 1.44. The fourth-order valence-electron chi connectivity index (χ4n) is 4.11. The Kier molecular flexibility index (Phi) is 6.29. The molecular weight excluding hydrogens is 423 g/mol. The number of carbonyl (C=O) groups excluding carboxylic acids is 1. The molecular formula is C22H24F3N5O2. The number of halogens is 3. The third-order valence-electron chi connectivity index (χ3n) is 5.83. The van der Waals surface area contributed by atoms with Gasteiger partial charge in [0.1, 0.15) is 11.7 Å². The summed E-state index contributed by atoms with van der Waals surface area (Å²) in [5.41, 5.74) is -0.423. The van der Waals surface area contributed by atoms with E-state index in [1.165, 1.54) is 35.6 Å². The Hall–Kier alpha value is -3.17. The molecule has 0 aliphatic heterocycles. The second-order valence-electron chi connectivity index (χ2n) is 8.11. The Bertz CT molecular complexity index is 1160. The third kappa shape index (κ3) is 4.84. The molecule has 1 fully saturated rings. The quantitative estimate of drug-likeness (QED) is 0.628. The molecule has 1 amide bonds.